The monoisotopic (exact) mass is 190 g/mol. The van der Waals surface area contributed by atoms with Crippen molar-refractivity contribution in [3.05, 3.63) is 35.4 Å². The maximum absolute atomic E-state index is 5.71. The molecular weight excluding hydrogens is 174 g/mol. The van der Waals surface area contributed by atoms with Gasteiger partial charge in [0.15, 0.2) is 0 Å². The highest BCUT2D eigenvalue weighted by Crippen LogP contribution is 2.19. The molecular formula is C12H16NO+. The van der Waals surface area contributed by atoms with Gasteiger partial charge in [-0.25, -0.2) is 0 Å². The molecule has 1 aromatic rings. The minimum Gasteiger partial charge on any atom is -0.439 e. The van der Waals surface area contributed by atoms with Gasteiger partial charge in [-0.05, 0) is 19.9 Å². The van der Waals surface area contributed by atoms with Crippen molar-refractivity contribution >= 4 is 5.90 Å². The molecule has 74 valence electrons. The molecule has 0 saturated carbocycles. The fourth-order valence-electron chi connectivity index (χ4n) is 1.85. The summed E-state index contributed by atoms with van der Waals surface area (Å²) in [5.74, 6) is 1.05. The smallest absolute Gasteiger partial charge is 0.370 e. The lowest BCUT2D eigenvalue weighted by Gasteiger charge is -2.00. The first kappa shape index (κ1) is 9.25. The highest BCUT2D eigenvalue weighted by atomic mass is 16.5. The van der Waals surface area contributed by atoms with Gasteiger partial charge >= 0.3 is 5.90 Å². The van der Waals surface area contributed by atoms with Gasteiger partial charge in [0.2, 0.25) is 0 Å². The van der Waals surface area contributed by atoms with Crippen molar-refractivity contribution in [2.45, 2.75) is 20.5 Å². The molecule has 14 heavy (non-hydrogen) atoms. The van der Waals surface area contributed by atoms with E-state index in [1.807, 2.05) is 0 Å². The Balaban J connectivity index is 2.47. The number of hydrogen-bond donors (Lipinski definition) is 0. The van der Waals surface area contributed by atoms with Gasteiger partial charge in [0.1, 0.15) is 19.7 Å². The average Bonchev–Trinajstić information content (AvgIpc) is 2.65. The number of rotatable bonds is 2. The summed E-state index contributed by atoms with van der Waals surface area (Å²) in [7, 11) is 0. The molecule has 0 N–H and O–H groups in total. The van der Waals surface area contributed by atoms with Crippen LogP contribution in [0.1, 0.15) is 25.0 Å². The van der Waals surface area contributed by atoms with Gasteiger partial charge in [-0.1, -0.05) is 18.2 Å². The summed E-state index contributed by atoms with van der Waals surface area (Å²) in [5, 5.41) is 0. The van der Waals surface area contributed by atoms with Crippen LogP contribution >= 0.6 is 0 Å². The second kappa shape index (κ2) is 3.82. The van der Waals surface area contributed by atoms with Crippen molar-refractivity contribution in [3.8, 4) is 0 Å². The molecule has 0 radical (unpaired) electrons. The Labute approximate surface area is 84.8 Å². The van der Waals surface area contributed by atoms with Crippen LogP contribution in [0, 0.1) is 0 Å². The van der Waals surface area contributed by atoms with Gasteiger partial charge in [-0.2, -0.15) is 4.58 Å². The predicted octanol–water partition coefficient (Wildman–Crippen LogP) is 2.02. The van der Waals surface area contributed by atoms with E-state index < -0.39 is 0 Å². The quantitative estimate of drug-likeness (QED) is 0.650. The van der Waals surface area contributed by atoms with Gasteiger partial charge in [-0.3, -0.25) is 0 Å². The summed E-state index contributed by atoms with van der Waals surface area (Å²) >= 11 is 0. The second-order valence-electron chi connectivity index (χ2n) is 3.42. The van der Waals surface area contributed by atoms with Crippen molar-refractivity contribution in [3.63, 3.8) is 0 Å². The lowest BCUT2D eigenvalue weighted by Crippen LogP contribution is -2.21. The van der Waals surface area contributed by atoms with E-state index in [9.17, 15) is 0 Å². The summed E-state index contributed by atoms with van der Waals surface area (Å²) in [4.78, 5) is 0. The Kier molecular flexibility index (Phi) is 2.53. The Morgan fingerprint density at radius 2 is 1.93 bits per heavy atom. The molecule has 0 atom stereocenters. The van der Waals surface area contributed by atoms with Crippen LogP contribution in [0.15, 0.2) is 24.3 Å². The van der Waals surface area contributed by atoms with E-state index in [1.165, 1.54) is 11.1 Å². The summed E-state index contributed by atoms with van der Waals surface area (Å²) < 4.78 is 7.97. The summed E-state index contributed by atoms with van der Waals surface area (Å²) in [6.07, 6.45) is 0. The van der Waals surface area contributed by atoms with Crippen molar-refractivity contribution in [2.75, 3.05) is 13.1 Å². The normalized spacial score (nSPS) is 13.7. The maximum Gasteiger partial charge on any atom is 0.370 e. The van der Waals surface area contributed by atoms with E-state index in [4.69, 9.17) is 4.74 Å². The molecule has 1 aromatic carbocycles. The molecule has 0 aliphatic carbocycles. The summed E-state index contributed by atoms with van der Waals surface area (Å²) in [6.45, 7) is 7.03. The Morgan fingerprint density at radius 1 is 1.21 bits per heavy atom. The van der Waals surface area contributed by atoms with Gasteiger partial charge in [0.05, 0.1) is 5.56 Å². The highest BCUT2D eigenvalue weighted by molar-refractivity contribution is 5.93. The van der Waals surface area contributed by atoms with Crippen molar-refractivity contribution in [1.82, 2.24) is 0 Å². The molecule has 1 aliphatic rings. The zero-order valence-electron chi connectivity index (χ0n) is 8.79. The Hall–Kier alpha value is -1.31. The van der Waals surface area contributed by atoms with Gasteiger partial charge in [-0.15, -0.1) is 0 Å². The van der Waals surface area contributed by atoms with Crippen molar-refractivity contribution < 1.29 is 9.31 Å². The third-order valence-corrected chi connectivity index (χ3v) is 2.66. The number of hydrogen-bond acceptors (Lipinski definition) is 1. The first-order chi connectivity index (χ1) is 6.86. The largest absolute Gasteiger partial charge is 0.439 e. The molecule has 0 unspecified atom stereocenters. The number of fused-ring (bicyclic) bond motifs is 1. The molecule has 0 bridgehead atoms. The summed E-state index contributed by atoms with van der Waals surface area (Å²) in [6, 6.07) is 8.40. The third-order valence-electron chi connectivity index (χ3n) is 2.66. The van der Waals surface area contributed by atoms with E-state index in [0.717, 1.165) is 25.6 Å². The van der Waals surface area contributed by atoms with E-state index in [1.54, 1.807) is 0 Å². The fraction of sp³-hybridized carbons (Fsp3) is 0.417. The molecule has 1 aliphatic heterocycles. The maximum atomic E-state index is 5.71. The third kappa shape index (κ3) is 1.41. The first-order valence-corrected chi connectivity index (χ1v) is 5.19. The van der Waals surface area contributed by atoms with Crippen LogP contribution in [-0.2, 0) is 11.3 Å². The Bertz CT molecular complexity index is 362. The van der Waals surface area contributed by atoms with Crippen LogP contribution in [0.2, 0.25) is 0 Å². The van der Waals surface area contributed by atoms with Gasteiger partial charge in [0, 0.05) is 5.56 Å². The van der Waals surface area contributed by atoms with Crippen LogP contribution in [0.4, 0.5) is 0 Å². The van der Waals surface area contributed by atoms with Gasteiger partial charge < -0.3 is 4.74 Å². The minimum absolute atomic E-state index is 0.724. The topological polar surface area (TPSA) is 12.2 Å². The first-order valence-electron chi connectivity index (χ1n) is 5.19. The standard InChI is InChI=1S/C12H16NO/c1-3-13(4-2)12-11-8-6-5-7-10(11)9-14-12/h5-8H,3-4,9H2,1-2H3/q+1. The van der Waals surface area contributed by atoms with Crippen LogP contribution < -0.4 is 0 Å². The predicted molar refractivity (Wildman–Crippen MR) is 56.7 cm³/mol. The van der Waals surface area contributed by atoms with Gasteiger partial charge in [0.25, 0.3) is 0 Å². The van der Waals surface area contributed by atoms with Crippen LogP contribution in [0.5, 0.6) is 0 Å². The number of ether oxygens (including phenoxy) is 1. The molecule has 0 spiro atoms. The number of nitrogens with zero attached hydrogens (tertiary/aromatic N) is 1. The van der Waals surface area contributed by atoms with E-state index in [2.05, 4.69) is 42.7 Å². The molecule has 2 nitrogen and oxygen atoms in total. The van der Waals surface area contributed by atoms with Crippen molar-refractivity contribution in [1.29, 1.82) is 0 Å². The number of benzene rings is 1. The molecule has 0 aromatic heterocycles. The molecule has 1 heterocycles. The molecule has 2 heteroatoms. The molecule has 0 fully saturated rings. The average molecular weight is 190 g/mol. The zero-order chi connectivity index (χ0) is 9.97. The molecule has 2 rings (SSSR count). The van der Waals surface area contributed by atoms with Crippen LogP contribution in [-0.4, -0.2) is 23.6 Å². The summed E-state index contributed by atoms with van der Waals surface area (Å²) in [5.41, 5.74) is 2.56. The molecule has 0 amide bonds. The van der Waals surface area contributed by atoms with Crippen LogP contribution in [0.3, 0.4) is 0 Å². The lowest BCUT2D eigenvalue weighted by atomic mass is 10.1. The SMILES string of the molecule is CC[N+](CC)=C1OCc2ccccc21. The Morgan fingerprint density at radius 3 is 2.64 bits per heavy atom. The minimum atomic E-state index is 0.724. The lowest BCUT2D eigenvalue weighted by molar-refractivity contribution is -0.528. The van der Waals surface area contributed by atoms with E-state index >= 15 is 0 Å². The second-order valence-corrected chi connectivity index (χ2v) is 3.42. The van der Waals surface area contributed by atoms with Crippen LogP contribution in [0.25, 0.3) is 0 Å². The van der Waals surface area contributed by atoms with E-state index in [0.29, 0.717) is 0 Å². The fourth-order valence-corrected chi connectivity index (χ4v) is 1.85. The molecule has 0 saturated heterocycles. The zero-order valence-corrected chi connectivity index (χ0v) is 8.79. The van der Waals surface area contributed by atoms with Crippen molar-refractivity contribution in [2.24, 2.45) is 0 Å². The van der Waals surface area contributed by atoms with E-state index in [-0.39, 0.29) is 0 Å². The highest BCUT2D eigenvalue weighted by Gasteiger charge is 2.26.